The number of anilines is 2. The number of amides is 1. The summed E-state index contributed by atoms with van der Waals surface area (Å²) in [5, 5.41) is 19.9. The van der Waals surface area contributed by atoms with Gasteiger partial charge in [-0.3, -0.25) is 4.79 Å². The number of aromatic hydroxyl groups is 1. The van der Waals surface area contributed by atoms with Crippen LogP contribution in [0, 0.1) is 5.92 Å². The zero-order valence-electron chi connectivity index (χ0n) is 20.1. The van der Waals surface area contributed by atoms with Gasteiger partial charge in [-0.25, -0.2) is 0 Å². The Kier molecular flexibility index (Phi) is 5.61. The molecule has 0 radical (unpaired) electrons. The predicted octanol–water partition coefficient (Wildman–Crippen LogP) is 7.02. The van der Waals surface area contributed by atoms with E-state index in [9.17, 15) is 9.90 Å². The lowest BCUT2D eigenvalue weighted by Crippen LogP contribution is -2.31. The zero-order valence-corrected chi connectivity index (χ0v) is 20.1. The van der Waals surface area contributed by atoms with Gasteiger partial charge in [0, 0.05) is 17.2 Å². The van der Waals surface area contributed by atoms with Crippen LogP contribution in [0.25, 0.3) is 10.8 Å². The molecule has 0 fully saturated rings. The lowest BCUT2D eigenvalue weighted by Gasteiger charge is -2.39. The van der Waals surface area contributed by atoms with Gasteiger partial charge in [-0.05, 0) is 72.0 Å². The van der Waals surface area contributed by atoms with Crippen molar-refractivity contribution in [2.45, 2.75) is 25.3 Å². The van der Waals surface area contributed by atoms with E-state index in [0.29, 0.717) is 17.9 Å². The van der Waals surface area contributed by atoms with E-state index in [2.05, 4.69) is 41.0 Å². The second-order valence-corrected chi connectivity index (χ2v) is 9.38. The summed E-state index contributed by atoms with van der Waals surface area (Å²) in [4.78, 5) is 13.5. The molecule has 5 heteroatoms. The van der Waals surface area contributed by atoms with Crippen molar-refractivity contribution in [3.63, 3.8) is 0 Å². The average molecular weight is 477 g/mol. The minimum atomic E-state index is -0.176. The van der Waals surface area contributed by atoms with Crippen LogP contribution in [0.4, 0.5) is 11.4 Å². The van der Waals surface area contributed by atoms with Crippen molar-refractivity contribution in [2.75, 3.05) is 17.2 Å². The smallest absolute Gasteiger partial charge is 0.257 e. The summed E-state index contributed by atoms with van der Waals surface area (Å²) >= 11 is 0. The lowest BCUT2D eigenvalue weighted by molar-refractivity contribution is 0.102. The largest absolute Gasteiger partial charge is 0.508 e. The third-order valence-corrected chi connectivity index (χ3v) is 7.32. The second kappa shape index (κ2) is 9.08. The molecule has 4 aromatic rings. The highest BCUT2D eigenvalue weighted by atomic mass is 16.5. The second-order valence-electron chi connectivity index (χ2n) is 9.38. The number of allylic oxidation sites excluding steroid dienone is 2. The van der Waals surface area contributed by atoms with E-state index in [0.717, 1.165) is 39.8 Å². The van der Waals surface area contributed by atoms with Gasteiger partial charge in [0.1, 0.15) is 11.5 Å². The highest BCUT2D eigenvalue weighted by molar-refractivity contribution is 6.09. The van der Waals surface area contributed by atoms with Gasteiger partial charge in [0.05, 0.1) is 23.9 Å². The number of carbonyl (C=O) groups is 1. The zero-order chi connectivity index (χ0) is 24.6. The Labute approximate surface area is 210 Å². The molecule has 0 bridgehead atoms. The van der Waals surface area contributed by atoms with Gasteiger partial charge >= 0.3 is 0 Å². The Morgan fingerprint density at radius 1 is 1.03 bits per heavy atom. The Balaban J connectivity index is 1.39. The van der Waals surface area contributed by atoms with Crippen LogP contribution in [0.15, 0.2) is 91.0 Å². The molecule has 0 aromatic heterocycles. The predicted molar refractivity (Wildman–Crippen MR) is 144 cm³/mol. The lowest BCUT2D eigenvalue weighted by atomic mass is 9.75. The molecular weight excluding hydrogens is 448 g/mol. The van der Waals surface area contributed by atoms with E-state index >= 15 is 0 Å². The van der Waals surface area contributed by atoms with Gasteiger partial charge < -0.3 is 20.5 Å². The number of phenolic OH excluding ortho intramolecular Hbond substituents is 1. The van der Waals surface area contributed by atoms with Crippen molar-refractivity contribution in [1.29, 1.82) is 0 Å². The van der Waals surface area contributed by atoms with Crippen molar-refractivity contribution in [2.24, 2.45) is 5.92 Å². The molecule has 6 rings (SSSR count). The Morgan fingerprint density at radius 2 is 1.86 bits per heavy atom. The van der Waals surface area contributed by atoms with E-state index < -0.39 is 0 Å². The first kappa shape index (κ1) is 22.2. The number of para-hydroxylation sites is 1. The maximum absolute atomic E-state index is 13.5. The van der Waals surface area contributed by atoms with Gasteiger partial charge in [0.25, 0.3) is 5.91 Å². The number of ether oxygens (including phenoxy) is 1. The topological polar surface area (TPSA) is 70.6 Å². The fourth-order valence-electron chi connectivity index (χ4n) is 5.71. The number of fused-ring (bicyclic) bond motifs is 4. The summed E-state index contributed by atoms with van der Waals surface area (Å²) in [6, 6.07) is 25.0. The molecule has 1 aliphatic carbocycles. The monoisotopic (exact) mass is 476 g/mol. The van der Waals surface area contributed by atoms with Crippen LogP contribution in [0.3, 0.4) is 0 Å². The van der Waals surface area contributed by atoms with Gasteiger partial charge in [0.15, 0.2) is 0 Å². The highest BCUT2D eigenvalue weighted by Gasteiger charge is 2.40. The van der Waals surface area contributed by atoms with Crippen LogP contribution in [-0.2, 0) is 0 Å². The number of phenols is 1. The Bertz CT molecular complexity index is 1480. The third kappa shape index (κ3) is 3.77. The van der Waals surface area contributed by atoms with E-state index in [-0.39, 0.29) is 29.5 Å². The first-order chi connectivity index (χ1) is 17.6. The van der Waals surface area contributed by atoms with Crippen molar-refractivity contribution in [1.82, 2.24) is 0 Å². The summed E-state index contributed by atoms with van der Waals surface area (Å²) in [5.41, 5.74) is 4.12. The summed E-state index contributed by atoms with van der Waals surface area (Å²) in [7, 11) is 0. The normalized spacial score (nSPS) is 19.9. The first-order valence-corrected chi connectivity index (χ1v) is 12.4. The number of nitrogens with one attached hydrogen (secondary N) is 2. The molecule has 3 unspecified atom stereocenters. The quantitative estimate of drug-likeness (QED) is 0.271. The summed E-state index contributed by atoms with van der Waals surface area (Å²) < 4.78 is 5.51. The van der Waals surface area contributed by atoms with Crippen molar-refractivity contribution in [3.05, 3.63) is 108 Å². The molecule has 3 N–H and O–H groups in total. The van der Waals surface area contributed by atoms with Crippen LogP contribution in [-0.4, -0.2) is 17.6 Å². The molecule has 3 atom stereocenters. The third-order valence-electron chi connectivity index (χ3n) is 7.32. The van der Waals surface area contributed by atoms with E-state index in [1.54, 1.807) is 6.07 Å². The van der Waals surface area contributed by atoms with Crippen molar-refractivity contribution >= 4 is 28.1 Å². The minimum Gasteiger partial charge on any atom is -0.508 e. The molecule has 180 valence electrons. The standard InChI is InChI=1S/C31H28N2O3/c1-2-36-21-16-14-20(15-17-21)32-31(35)26-12-6-10-24-23-9-5-11-25(23)30(33-29(24)26)28-22-8-4-3-7-19(22)13-18-27(28)34/h3-10,12-18,23,25,30,33-34H,2,11H2,1H3,(H,32,35). The number of hydrogen-bond donors (Lipinski definition) is 3. The molecule has 36 heavy (non-hydrogen) atoms. The Morgan fingerprint density at radius 3 is 2.69 bits per heavy atom. The van der Waals surface area contributed by atoms with E-state index in [4.69, 9.17) is 4.74 Å². The summed E-state index contributed by atoms with van der Waals surface area (Å²) in [6.07, 6.45) is 5.37. The SMILES string of the molecule is CCOc1ccc(NC(=O)c2cccc3c2NC(c2c(O)ccc4ccccc24)C2CC=CC32)cc1. The average Bonchev–Trinajstić information content (AvgIpc) is 3.40. The molecular formula is C31H28N2O3. The van der Waals surface area contributed by atoms with Gasteiger partial charge in [-0.15, -0.1) is 0 Å². The number of benzene rings is 4. The molecule has 1 amide bonds. The van der Waals surface area contributed by atoms with Crippen molar-refractivity contribution < 1.29 is 14.6 Å². The fourth-order valence-corrected chi connectivity index (χ4v) is 5.71. The molecule has 5 nitrogen and oxygen atoms in total. The van der Waals surface area contributed by atoms with Crippen LogP contribution in [0.2, 0.25) is 0 Å². The van der Waals surface area contributed by atoms with E-state index in [1.807, 2.05) is 61.5 Å². The number of carbonyl (C=O) groups excluding carboxylic acids is 1. The molecule has 4 aromatic carbocycles. The van der Waals surface area contributed by atoms with Gasteiger partial charge in [0.2, 0.25) is 0 Å². The minimum absolute atomic E-state index is 0.136. The van der Waals surface area contributed by atoms with Crippen LogP contribution < -0.4 is 15.4 Å². The van der Waals surface area contributed by atoms with E-state index in [1.165, 1.54) is 0 Å². The van der Waals surface area contributed by atoms with Gasteiger partial charge in [-0.1, -0.05) is 54.6 Å². The molecule has 0 saturated carbocycles. The summed E-state index contributed by atoms with van der Waals surface area (Å²) in [5.74, 6) is 1.29. The molecule has 0 saturated heterocycles. The molecule has 2 aliphatic rings. The fraction of sp³-hybridized carbons (Fsp3) is 0.194. The van der Waals surface area contributed by atoms with Crippen LogP contribution in [0.1, 0.15) is 46.8 Å². The maximum Gasteiger partial charge on any atom is 0.257 e. The first-order valence-electron chi connectivity index (χ1n) is 12.4. The van der Waals surface area contributed by atoms with Crippen LogP contribution >= 0.6 is 0 Å². The molecule has 1 aliphatic heterocycles. The molecule has 0 spiro atoms. The van der Waals surface area contributed by atoms with Crippen LogP contribution in [0.5, 0.6) is 11.5 Å². The Hall–Kier alpha value is -4.25. The maximum atomic E-state index is 13.5. The molecule has 1 heterocycles. The number of hydrogen-bond acceptors (Lipinski definition) is 4. The highest BCUT2D eigenvalue weighted by Crippen LogP contribution is 2.53. The number of rotatable bonds is 5. The van der Waals surface area contributed by atoms with Gasteiger partial charge in [-0.2, -0.15) is 0 Å². The van der Waals surface area contributed by atoms with Crippen molar-refractivity contribution in [3.8, 4) is 11.5 Å². The summed E-state index contributed by atoms with van der Waals surface area (Å²) in [6.45, 7) is 2.54.